The predicted molar refractivity (Wildman–Crippen MR) is 101 cm³/mol. The van der Waals surface area contributed by atoms with Crippen LogP contribution in [-0.4, -0.2) is 66.1 Å². The Balaban J connectivity index is 1.51. The number of phenolic OH excluding ortho intramolecular Hbond substituents is 1. The monoisotopic (exact) mass is 345 g/mol. The zero-order valence-corrected chi connectivity index (χ0v) is 15.4. The largest absolute Gasteiger partial charge is 0.506 e. The van der Waals surface area contributed by atoms with E-state index < -0.39 is 0 Å². The maximum absolute atomic E-state index is 12.8. The Kier molecular flexibility index (Phi) is 6.19. The molecule has 0 radical (unpaired) electrons. The molecule has 1 N–H and O–H groups in total. The molecule has 0 aromatic heterocycles. The normalized spacial score (nSPS) is 19.8. The van der Waals surface area contributed by atoms with E-state index in [1.54, 1.807) is 6.07 Å². The molecule has 138 valence electrons. The van der Waals surface area contributed by atoms with Crippen molar-refractivity contribution in [2.45, 2.75) is 45.1 Å². The van der Waals surface area contributed by atoms with Gasteiger partial charge in [-0.1, -0.05) is 31.4 Å². The van der Waals surface area contributed by atoms with E-state index in [0.29, 0.717) is 18.3 Å². The second kappa shape index (κ2) is 8.56. The van der Waals surface area contributed by atoms with Gasteiger partial charge < -0.3 is 14.9 Å². The number of aromatic hydroxyl groups is 1. The Bertz CT molecular complexity index is 564. The molecule has 25 heavy (non-hydrogen) atoms. The van der Waals surface area contributed by atoms with Crippen molar-refractivity contribution >= 4 is 11.6 Å². The molecule has 1 aromatic carbocycles. The van der Waals surface area contributed by atoms with Crippen molar-refractivity contribution in [1.82, 2.24) is 9.80 Å². The summed E-state index contributed by atoms with van der Waals surface area (Å²) in [4.78, 5) is 19.3. The Morgan fingerprint density at radius 1 is 1.12 bits per heavy atom. The first kappa shape index (κ1) is 18.1. The van der Waals surface area contributed by atoms with Crippen LogP contribution in [0.15, 0.2) is 24.3 Å². The number of anilines is 1. The summed E-state index contributed by atoms with van der Waals surface area (Å²) in [6.07, 6.45) is 6.17. The molecule has 1 aromatic rings. The molecular formula is C20H31N3O2. The highest BCUT2D eigenvalue weighted by atomic mass is 16.3. The van der Waals surface area contributed by atoms with Crippen molar-refractivity contribution < 1.29 is 9.90 Å². The summed E-state index contributed by atoms with van der Waals surface area (Å²) < 4.78 is 0. The van der Waals surface area contributed by atoms with E-state index in [0.717, 1.165) is 38.4 Å². The fourth-order valence-corrected chi connectivity index (χ4v) is 4.19. The van der Waals surface area contributed by atoms with E-state index >= 15 is 0 Å². The maximum Gasteiger partial charge on any atom is 0.236 e. The first-order chi connectivity index (χ1) is 12.2. The zero-order chi connectivity index (χ0) is 17.6. The van der Waals surface area contributed by atoms with Gasteiger partial charge in [0.2, 0.25) is 5.91 Å². The third-order valence-corrected chi connectivity index (χ3v) is 5.63. The van der Waals surface area contributed by atoms with Gasteiger partial charge in [0.1, 0.15) is 5.75 Å². The second-order valence-electron chi connectivity index (χ2n) is 7.22. The van der Waals surface area contributed by atoms with Crippen molar-refractivity contribution in [1.29, 1.82) is 0 Å². The minimum Gasteiger partial charge on any atom is -0.506 e. The van der Waals surface area contributed by atoms with E-state index in [9.17, 15) is 9.90 Å². The SMILES string of the molecule is CCN(C(=O)CN1CCN(c2ccccc2O)CC1)C1CCCCC1. The summed E-state index contributed by atoms with van der Waals surface area (Å²) in [5, 5.41) is 10.0. The number of carbonyl (C=O) groups excluding carboxylic acids is 1. The molecule has 2 aliphatic rings. The molecule has 1 amide bonds. The lowest BCUT2D eigenvalue weighted by Crippen LogP contribution is -2.51. The van der Waals surface area contributed by atoms with Gasteiger partial charge in [0, 0.05) is 38.8 Å². The molecule has 0 unspecified atom stereocenters. The molecule has 1 aliphatic heterocycles. The molecule has 0 bridgehead atoms. The summed E-state index contributed by atoms with van der Waals surface area (Å²) in [6.45, 7) is 6.87. The Morgan fingerprint density at radius 2 is 1.80 bits per heavy atom. The van der Waals surface area contributed by atoms with Crippen molar-refractivity contribution in [3.8, 4) is 5.75 Å². The highest BCUT2D eigenvalue weighted by molar-refractivity contribution is 5.78. The van der Waals surface area contributed by atoms with Gasteiger partial charge in [-0.2, -0.15) is 0 Å². The van der Waals surface area contributed by atoms with E-state index in [-0.39, 0.29) is 5.91 Å². The number of likely N-dealkylation sites (N-methyl/N-ethyl adjacent to an activating group) is 1. The van der Waals surface area contributed by atoms with Crippen LogP contribution >= 0.6 is 0 Å². The highest BCUT2D eigenvalue weighted by Crippen LogP contribution is 2.27. The Hall–Kier alpha value is -1.75. The second-order valence-corrected chi connectivity index (χ2v) is 7.22. The zero-order valence-electron chi connectivity index (χ0n) is 15.4. The predicted octanol–water partition coefficient (Wildman–Crippen LogP) is 2.70. The van der Waals surface area contributed by atoms with E-state index in [1.165, 1.54) is 32.1 Å². The molecule has 1 heterocycles. The standard InChI is InChI=1S/C20H31N3O2/c1-2-23(17-8-4-3-5-9-17)20(25)16-21-12-14-22(15-13-21)18-10-6-7-11-19(18)24/h6-7,10-11,17,24H,2-5,8-9,12-16H2,1H3. The summed E-state index contributed by atoms with van der Waals surface area (Å²) >= 11 is 0. The fourth-order valence-electron chi connectivity index (χ4n) is 4.19. The summed E-state index contributed by atoms with van der Waals surface area (Å²) in [6, 6.07) is 7.94. The van der Waals surface area contributed by atoms with Crippen molar-refractivity contribution in [2.75, 3.05) is 44.2 Å². The van der Waals surface area contributed by atoms with E-state index in [4.69, 9.17) is 0 Å². The number of para-hydroxylation sites is 2. The van der Waals surface area contributed by atoms with E-state index in [2.05, 4.69) is 21.6 Å². The van der Waals surface area contributed by atoms with Gasteiger partial charge >= 0.3 is 0 Å². The molecule has 1 saturated heterocycles. The van der Waals surface area contributed by atoms with Gasteiger partial charge in [0.15, 0.2) is 0 Å². The Morgan fingerprint density at radius 3 is 2.44 bits per heavy atom. The van der Waals surface area contributed by atoms with E-state index in [1.807, 2.05) is 18.2 Å². The van der Waals surface area contributed by atoms with Crippen LogP contribution in [0.1, 0.15) is 39.0 Å². The number of hydrogen-bond acceptors (Lipinski definition) is 4. The number of hydrogen-bond donors (Lipinski definition) is 1. The average Bonchev–Trinajstić information content (AvgIpc) is 2.64. The number of rotatable bonds is 5. The molecule has 1 aliphatic carbocycles. The van der Waals surface area contributed by atoms with Crippen molar-refractivity contribution in [3.63, 3.8) is 0 Å². The van der Waals surface area contributed by atoms with Crippen molar-refractivity contribution in [2.24, 2.45) is 0 Å². The van der Waals surface area contributed by atoms with Crippen molar-refractivity contribution in [3.05, 3.63) is 24.3 Å². The summed E-state index contributed by atoms with van der Waals surface area (Å²) in [7, 11) is 0. The third-order valence-electron chi connectivity index (χ3n) is 5.63. The average molecular weight is 345 g/mol. The lowest BCUT2D eigenvalue weighted by Gasteiger charge is -2.38. The van der Waals surface area contributed by atoms with Gasteiger partial charge in [-0.05, 0) is 31.9 Å². The number of benzene rings is 1. The van der Waals surface area contributed by atoms with Crippen LogP contribution in [0.2, 0.25) is 0 Å². The molecule has 5 nitrogen and oxygen atoms in total. The third kappa shape index (κ3) is 4.46. The van der Waals surface area contributed by atoms with Gasteiger partial charge in [-0.3, -0.25) is 9.69 Å². The Labute approximate surface area is 151 Å². The van der Waals surface area contributed by atoms with Gasteiger partial charge in [0.05, 0.1) is 12.2 Å². The lowest BCUT2D eigenvalue weighted by atomic mass is 9.94. The van der Waals surface area contributed by atoms with Crippen LogP contribution < -0.4 is 4.90 Å². The van der Waals surface area contributed by atoms with Gasteiger partial charge in [-0.15, -0.1) is 0 Å². The van der Waals surface area contributed by atoms with Gasteiger partial charge in [-0.25, -0.2) is 0 Å². The molecular weight excluding hydrogens is 314 g/mol. The van der Waals surface area contributed by atoms with Crippen LogP contribution in [0.3, 0.4) is 0 Å². The lowest BCUT2D eigenvalue weighted by molar-refractivity contribution is -0.135. The molecule has 3 rings (SSSR count). The summed E-state index contributed by atoms with van der Waals surface area (Å²) in [5.41, 5.74) is 0.894. The minimum atomic E-state index is 0.283. The highest BCUT2D eigenvalue weighted by Gasteiger charge is 2.27. The number of carbonyl (C=O) groups is 1. The fraction of sp³-hybridized carbons (Fsp3) is 0.650. The molecule has 2 fully saturated rings. The number of nitrogens with zero attached hydrogens (tertiary/aromatic N) is 3. The van der Waals surface area contributed by atoms with Gasteiger partial charge in [0.25, 0.3) is 0 Å². The maximum atomic E-state index is 12.8. The van der Waals surface area contributed by atoms with Crippen LogP contribution in [0.5, 0.6) is 5.75 Å². The van der Waals surface area contributed by atoms with Crippen LogP contribution in [0, 0.1) is 0 Å². The summed E-state index contributed by atoms with van der Waals surface area (Å²) in [5.74, 6) is 0.617. The molecule has 1 saturated carbocycles. The smallest absolute Gasteiger partial charge is 0.236 e. The molecule has 5 heteroatoms. The molecule has 0 atom stereocenters. The topological polar surface area (TPSA) is 47.0 Å². The van der Waals surface area contributed by atoms with Crippen LogP contribution in [0.25, 0.3) is 0 Å². The number of phenols is 1. The van der Waals surface area contributed by atoms with Crippen LogP contribution in [-0.2, 0) is 4.79 Å². The quantitative estimate of drug-likeness (QED) is 0.891. The van der Waals surface area contributed by atoms with Crippen LogP contribution in [0.4, 0.5) is 5.69 Å². The first-order valence-corrected chi connectivity index (χ1v) is 9.74. The number of piperazine rings is 1. The first-order valence-electron chi connectivity index (χ1n) is 9.74. The number of amides is 1. The minimum absolute atomic E-state index is 0.283. The molecule has 0 spiro atoms.